The number of hydrogen-bond acceptors (Lipinski definition) is 3. The number of ether oxygens (including phenoxy) is 1. The summed E-state index contributed by atoms with van der Waals surface area (Å²) in [4.78, 5) is 3.59. The van der Waals surface area contributed by atoms with Crippen molar-refractivity contribution in [3.05, 3.63) is 22.3 Å². The lowest BCUT2D eigenvalue weighted by Gasteiger charge is -2.12. The summed E-state index contributed by atoms with van der Waals surface area (Å²) in [5, 5.41) is 0. The van der Waals surface area contributed by atoms with Crippen LogP contribution in [0, 0.1) is 0 Å². The number of rotatable bonds is 4. The van der Waals surface area contributed by atoms with Gasteiger partial charge in [0, 0.05) is 10.7 Å². The summed E-state index contributed by atoms with van der Waals surface area (Å²) >= 11 is 2.93. The van der Waals surface area contributed by atoms with Crippen molar-refractivity contribution < 1.29 is 17.9 Å². The van der Waals surface area contributed by atoms with Gasteiger partial charge in [-0.05, 0) is 35.0 Å². The fourth-order valence-electron chi connectivity index (χ4n) is 0.997. The molecule has 7 heteroatoms. The maximum absolute atomic E-state index is 12.6. The molecule has 3 nitrogen and oxygen atoms in total. The number of nitrogens with zero attached hydrogens (tertiary/aromatic N) is 1. The van der Waals surface area contributed by atoms with E-state index in [1.54, 1.807) is 0 Å². The summed E-state index contributed by atoms with van der Waals surface area (Å²) in [6, 6.07) is 0.935. The van der Waals surface area contributed by atoms with Crippen LogP contribution in [0.1, 0.15) is 12.0 Å². The van der Waals surface area contributed by atoms with E-state index in [0.717, 1.165) is 6.07 Å². The summed E-state index contributed by atoms with van der Waals surface area (Å²) in [6.45, 7) is 0.478. The number of alkyl halides is 3. The molecule has 0 unspecified atom stereocenters. The van der Waals surface area contributed by atoms with Crippen LogP contribution >= 0.6 is 15.9 Å². The summed E-state index contributed by atoms with van der Waals surface area (Å²) in [6.07, 6.45) is -2.74. The van der Waals surface area contributed by atoms with Gasteiger partial charge in [0.1, 0.15) is 5.56 Å². The highest BCUT2D eigenvalue weighted by Crippen LogP contribution is 2.36. The lowest BCUT2D eigenvalue weighted by molar-refractivity contribution is -0.139. The van der Waals surface area contributed by atoms with E-state index in [2.05, 4.69) is 20.9 Å². The van der Waals surface area contributed by atoms with Gasteiger partial charge in [0.05, 0.1) is 6.61 Å². The zero-order valence-electron chi connectivity index (χ0n) is 8.22. The van der Waals surface area contributed by atoms with Crippen LogP contribution in [0.15, 0.2) is 16.7 Å². The highest BCUT2D eigenvalue weighted by Gasteiger charge is 2.35. The molecule has 0 aliphatic rings. The molecule has 0 saturated heterocycles. The van der Waals surface area contributed by atoms with Crippen molar-refractivity contribution in [1.29, 1.82) is 0 Å². The Labute approximate surface area is 98.9 Å². The zero-order valence-corrected chi connectivity index (χ0v) is 9.81. The van der Waals surface area contributed by atoms with Crippen molar-refractivity contribution in [2.75, 3.05) is 13.2 Å². The molecule has 16 heavy (non-hydrogen) atoms. The van der Waals surface area contributed by atoms with Crippen LogP contribution in [0.4, 0.5) is 13.2 Å². The predicted molar refractivity (Wildman–Crippen MR) is 56.1 cm³/mol. The van der Waals surface area contributed by atoms with Crippen molar-refractivity contribution in [1.82, 2.24) is 4.98 Å². The van der Waals surface area contributed by atoms with Crippen molar-refractivity contribution >= 4 is 15.9 Å². The first-order valence-corrected chi connectivity index (χ1v) is 5.30. The molecule has 1 aromatic heterocycles. The van der Waals surface area contributed by atoms with E-state index >= 15 is 0 Å². The molecule has 0 bridgehead atoms. The molecule has 1 aromatic rings. The van der Waals surface area contributed by atoms with Gasteiger partial charge in [0.2, 0.25) is 5.88 Å². The van der Waals surface area contributed by atoms with Crippen molar-refractivity contribution in [3.63, 3.8) is 0 Å². The first kappa shape index (κ1) is 13.2. The second-order valence-corrected chi connectivity index (χ2v) is 3.91. The maximum Gasteiger partial charge on any atom is 0.421 e. The third-order valence-corrected chi connectivity index (χ3v) is 2.14. The summed E-state index contributed by atoms with van der Waals surface area (Å²) in [5.41, 5.74) is 4.32. The van der Waals surface area contributed by atoms with E-state index in [1.807, 2.05) is 0 Å². The summed E-state index contributed by atoms with van der Waals surface area (Å²) in [7, 11) is 0. The van der Waals surface area contributed by atoms with E-state index in [0.29, 0.717) is 13.0 Å². The standard InChI is InChI=1S/C9H10BrF3N2O/c10-6-4-7(9(11,12)13)8(15-5-6)16-3-1-2-14/h4-5H,1-3,14H2. The monoisotopic (exact) mass is 298 g/mol. The molecule has 1 rings (SSSR count). The Hall–Kier alpha value is -0.820. The average Bonchev–Trinajstić information content (AvgIpc) is 2.19. The fraction of sp³-hybridized carbons (Fsp3) is 0.444. The minimum absolute atomic E-state index is 0.119. The van der Waals surface area contributed by atoms with Crippen molar-refractivity contribution in [2.24, 2.45) is 5.73 Å². The van der Waals surface area contributed by atoms with Gasteiger partial charge in [0.15, 0.2) is 0 Å². The average molecular weight is 299 g/mol. The molecular weight excluding hydrogens is 289 g/mol. The van der Waals surface area contributed by atoms with E-state index in [9.17, 15) is 13.2 Å². The number of halogens is 4. The molecule has 0 atom stereocenters. The van der Waals surface area contributed by atoms with Gasteiger partial charge >= 0.3 is 6.18 Å². The fourth-order valence-corrected chi connectivity index (χ4v) is 1.33. The predicted octanol–water partition coefficient (Wildman–Crippen LogP) is 2.59. The van der Waals surface area contributed by atoms with Gasteiger partial charge in [-0.15, -0.1) is 0 Å². The normalized spacial score (nSPS) is 11.6. The Morgan fingerprint density at radius 2 is 2.12 bits per heavy atom. The van der Waals surface area contributed by atoms with Crippen LogP contribution in [0.3, 0.4) is 0 Å². The molecule has 90 valence electrons. The van der Waals surface area contributed by atoms with Crippen molar-refractivity contribution in [2.45, 2.75) is 12.6 Å². The molecule has 0 aromatic carbocycles. The van der Waals surface area contributed by atoms with Gasteiger partial charge in [-0.1, -0.05) is 0 Å². The summed E-state index contributed by atoms with van der Waals surface area (Å²) < 4.78 is 42.9. The largest absolute Gasteiger partial charge is 0.477 e. The Balaban J connectivity index is 2.90. The Bertz CT molecular complexity index is 357. The molecule has 0 amide bonds. The van der Waals surface area contributed by atoms with E-state index < -0.39 is 17.6 Å². The smallest absolute Gasteiger partial charge is 0.421 e. The van der Waals surface area contributed by atoms with Crippen LogP contribution in [-0.2, 0) is 6.18 Å². The third-order valence-electron chi connectivity index (χ3n) is 1.71. The minimum atomic E-state index is -4.48. The molecule has 0 spiro atoms. The van der Waals surface area contributed by atoms with Gasteiger partial charge in [-0.3, -0.25) is 0 Å². The lowest BCUT2D eigenvalue weighted by Crippen LogP contribution is -2.12. The number of hydrogen-bond donors (Lipinski definition) is 1. The van der Waals surface area contributed by atoms with E-state index in [4.69, 9.17) is 10.5 Å². The van der Waals surface area contributed by atoms with Crippen LogP contribution in [-0.4, -0.2) is 18.1 Å². The van der Waals surface area contributed by atoms with Crippen LogP contribution in [0.5, 0.6) is 5.88 Å². The molecule has 0 radical (unpaired) electrons. The molecule has 0 aliphatic heterocycles. The van der Waals surface area contributed by atoms with Crippen molar-refractivity contribution in [3.8, 4) is 5.88 Å². The highest BCUT2D eigenvalue weighted by molar-refractivity contribution is 9.10. The first-order valence-electron chi connectivity index (χ1n) is 4.50. The molecule has 0 aliphatic carbocycles. The van der Waals surface area contributed by atoms with Gasteiger partial charge in [-0.2, -0.15) is 13.2 Å². The number of nitrogens with two attached hydrogens (primary N) is 1. The molecule has 0 fully saturated rings. The van der Waals surface area contributed by atoms with Crippen LogP contribution in [0.25, 0.3) is 0 Å². The highest BCUT2D eigenvalue weighted by atomic mass is 79.9. The first-order chi connectivity index (χ1) is 7.45. The van der Waals surface area contributed by atoms with E-state index in [-0.39, 0.29) is 11.1 Å². The second-order valence-electron chi connectivity index (χ2n) is 2.99. The van der Waals surface area contributed by atoms with Crippen LogP contribution in [0.2, 0.25) is 0 Å². The Morgan fingerprint density at radius 1 is 1.44 bits per heavy atom. The maximum atomic E-state index is 12.6. The van der Waals surface area contributed by atoms with E-state index in [1.165, 1.54) is 6.20 Å². The molecular formula is C9H10BrF3N2O. The lowest BCUT2D eigenvalue weighted by atomic mass is 10.2. The van der Waals surface area contributed by atoms with Gasteiger partial charge in [0.25, 0.3) is 0 Å². The Kier molecular flexibility index (Phi) is 4.55. The minimum Gasteiger partial charge on any atom is -0.477 e. The SMILES string of the molecule is NCCCOc1ncc(Br)cc1C(F)(F)F. The summed E-state index contributed by atoms with van der Waals surface area (Å²) in [5.74, 6) is -0.413. The quantitative estimate of drug-likeness (QED) is 0.869. The second kappa shape index (κ2) is 5.49. The molecule has 0 saturated carbocycles. The number of pyridine rings is 1. The zero-order chi connectivity index (χ0) is 12.2. The Morgan fingerprint density at radius 3 is 2.69 bits per heavy atom. The number of aromatic nitrogens is 1. The topological polar surface area (TPSA) is 48.1 Å². The van der Waals surface area contributed by atoms with Crippen LogP contribution < -0.4 is 10.5 Å². The molecule has 1 heterocycles. The van der Waals surface area contributed by atoms with Gasteiger partial charge < -0.3 is 10.5 Å². The van der Waals surface area contributed by atoms with Gasteiger partial charge in [-0.25, -0.2) is 4.98 Å². The molecule has 2 N–H and O–H groups in total. The third kappa shape index (κ3) is 3.64.